The van der Waals surface area contributed by atoms with Gasteiger partial charge in [0, 0.05) is 11.9 Å². The smallest absolute Gasteiger partial charge is 0.182 e. The zero-order valence-corrected chi connectivity index (χ0v) is 22.5. The quantitative estimate of drug-likeness (QED) is 0.466. The van der Waals surface area contributed by atoms with E-state index in [2.05, 4.69) is 39.9 Å². The maximum absolute atomic E-state index is 4.93. The van der Waals surface area contributed by atoms with E-state index in [1.165, 1.54) is 76.3 Å². The lowest BCUT2D eigenvalue weighted by molar-refractivity contribution is -0.103. The Labute approximate surface area is 201 Å². The third kappa shape index (κ3) is 3.68. The van der Waals surface area contributed by atoms with Crippen LogP contribution in [0.5, 0.6) is 0 Å². The third-order valence-electron chi connectivity index (χ3n) is 11.2. The Bertz CT molecular complexity index is 814. The summed E-state index contributed by atoms with van der Waals surface area (Å²) in [6, 6.07) is 0. The molecule has 1 heterocycles. The van der Waals surface area contributed by atoms with Crippen molar-refractivity contribution in [2.24, 2.45) is 52.3 Å². The highest BCUT2D eigenvalue weighted by Gasteiger charge is 2.60. The van der Waals surface area contributed by atoms with Crippen molar-refractivity contribution in [3.05, 3.63) is 10.6 Å². The molecule has 2 nitrogen and oxygen atoms in total. The van der Waals surface area contributed by atoms with Crippen molar-refractivity contribution in [2.75, 3.05) is 12.4 Å². The lowest BCUT2D eigenvalue weighted by Crippen LogP contribution is -2.54. The molecule has 1 aromatic rings. The molecule has 5 rings (SSSR count). The summed E-state index contributed by atoms with van der Waals surface area (Å²) in [7, 11) is 2.03. The van der Waals surface area contributed by atoms with Crippen molar-refractivity contribution in [3.8, 4) is 0 Å². The molecule has 1 N–H and O–H groups in total. The molecule has 32 heavy (non-hydrogen) atoms. The van der Waals surface area contributed by atoms with Gasteiger partial charge in [-0.1, -0.05) is 53.9 Å². The number of fused-ring (bicyclic) bond motifs is 6. The molecule has 3 saturated carbocycles. The molecule has 4 aliphatic carbocycles. The van der Waals surface area contributed by atoms with Crippen LogP contribution in [0, 0.1) is 52.3 Å². The number of aromatic nitrogens is 1. The summed E-state index contributed by atoms with van der Waals surface area (Å²) in [6.07, 6.45) is 15.8. The van der Waals surface area contributed by atoms with Crippen molar-refractivity contribution >= 4 is 16.5 Å². The summed E-state index contributed by atoms with van der Waals surface area (Å²) in [5.74, 6) is 6.54. The van der Waals surface area contributed by atoms with Crippen molar-refractivity contribution in [3.63, 3.8) is 0 Å². The highest BCUT2D eigenvalue weighted by molar-refractivity contribution is 7.15. The molecule has 3 heteroatoms. The van der Waals surface area contributed by atoms with Crippen molar-refractivity contribution < 1.29 is 0 Å². The van der Waals surface area contributed by atoms with Gasteiger partial charge in [0.15, 0.2) is 5.13 Å². The molecular weight excluding hydrogens is 408 g/mol. The molecule has 0 amide bonds. The summed E-state index contributed by atoms with van der Waals surface area (Å²) in [6.45, 7) is 12.8. The van der Waals surface area contributed by atoms with Gasteiger partial charge in [-0.2, -0.15) is 0 Å². The van der Waals surface area contributed by atoms with E-state index in [4.69, 9.17) is 4.98 Å². The van der Waals surface area contributed by atoms with Gasteiger partial charge in [-0.25, -0.2) is 4.98 Å². The SMILES string of the molecule is CNc1nc2c(s1)C[C@@]1(C)[C@@H](CC[C@@H]3[C@@H]1CC[C@]1(C)[C@@H]([C@H](C)CCCC(C)C)CC[C@@H]31)C2. The Hall–Kier alpha value is -0.570. The van der Waals surface area contributed by atoms with Crippen LogP contribution < -0.4 is 5.32 Å². The summed E-state index contributed by atoms with van der Waals surface area (Å²) < 4.78 is 0. The van der Waals surface area contributed by atoms with Gasteiger partial charge in [0.1, 0.15) is 0 Å². The molecule has 0 aliphatic heterocycles. The van der Waals surface area contributed by atoms with Gasteiger partial charge < -0.3 is 5.32 Å². The van der Waals surface area contributed by atoms with E-state index in [0.717, 1.165) is 46.6 Å². The molecule has 0 unspecified atom stereocenters. The van der Waals surface area contributed by atoms with Gasteiger partial charge in [0.05, 0.1) is 5.69 Å². The largest absolute Gasteiger partial charge is 0.365 e. The van der Waals surface area contributed by atoms with Crippen molar-refractivity contribution in [1.82, 2.24) is 4.98 Å². The average molecular weight is 457 g/mol. The standard InChI is InChI=1S/C29H48N2S/c1-18(2)8-7-9-19(3)22-12-13-23-21-11-10-20-16-25-26(32-27(30-6)31-25)17-29(20,5)24(21)14-15-28(22,23)4/h18-24H,7-17H2,1-6H3,(H,30,31)/t19-,20+,21+,22-,23+,24+,28-,29+/m1/s1. The van der Waals surface area contributed by atoms with E-state index < -0.39 is 0 Å². The topological polar surface area (TPSA) is 24.9 Å². The summed E-state index contributed by atoms with van der Waals surface area (Å²) in [5, 5.41) is 4.45. The Morgan fingerprint density at radius 2 is 1.78 bits per heavy atom. The molecule has 3 fully saturated rings. The lowest BCUT2D eigenvalue weighted by Gasteiger charge is -2.60. The Morgan fingerprint density at radius 1 is 1.00 bits per heavy atom. The molecule has 4 aliphatic rings. The highest BCUT2D eigenvalue weighted by atomic mass is 32.1. The van der Waals surface area contributed by atoms with Crippen LogP contribution in [0.15, 0.2) is 0 Å². The maximum Gasteiger partial charge on any atom is 0.182 e. The Balaban J connectivity index is 1.33. The first-order valence-electron chi connectivity index (χ1n) is 13.9. The summed E-state index contributed by atoms with van der Waals surface area (Å²) in [5.41, 5.74) is 2.55. The van der Waals surface area contributed by atoms with Crippen LogP contribution in [0.4, 0.5) is 5.13 Å². The first-order valence-corrected chi connectivity index (χ1v) is 14.7. The zero-order chi connectivity index (χ0) is 22.7. The molecule has 180 valence electrons. The van der Waals surface area contributed by atoms with Crippen LogP contribution >= 0.6 is 11.3 Å². The predicted octanol–water partition coefficient (Wildman–Crippen LogP) is 8.22. The van der Waals surface area contributed by atoms with Gasteiger partial charge in [-0.05, 0) is 104 Å². The zero-order valence-electron chi connectivity index (χ0n) is 21.7. The average Bonchev–Trinajstić information content (AvgIpc) is 3.30. The molecular formula is C29H48N2S. The molecule has 0 spiro atoms. The van der Waals surface area contributed by atoms with Gasteiger partial charge in [-0.3, -0.25) is 0 Å². The molecule has 0 aromatic carbocycles. The van der Waals surface area contributed by atoms with Gasteiger partial charge in [0.2, 0.25) is 0 Å². The molecule has 0 radical (unpaired) electrons. The predicted molar refractivity (Wildman–Crippen MR) is 138 cm³/mol. The fourth-order valence-corrected chi connectivity index (χ4v) is 10.7. The van der Waals surface area contributed by atoms with E-state index in [0.29, 0.717) is 10.8 Å². The fraction of sp³-hybridized carbons (Fsp3) is 0.897. The second kappa shape index (κ2) is 8.58. The monoisotopic (exact) mass is 456 g/mol. The number of anilines is 1. The van der Waals surface area contributed by atoms with Gasteiger partial charge in [-0.15, -0.1) is 11.3 Å². The van der Waals surface area contributed by atoms with E-state index in [9.17, 15) is 0 Å². The Morgan fingerprint density at radius 3 is 2.53 bits per heavy atom. The summed E-state index contributed by atoms with van der Waals surface area (Å²) in [4.78, 5) is 6.53. The number of thiazole rings is 1. The Kier molecular flexibility index (Phi) is 6.22. The van der Waals surface area contributed by atoms with Crippen LogP contribution in [-0.4, -0.2) is 12.0 Å². The molecule has 1 aromatic heterocycles. The van der Waals surface area contributed by atoms with Crippen molar-refractivity contribution in [1.29, 1.82) is 0 Å². The normalized spacial score (nSPS) is 41.5. The molecule has 0 saturated heterocycles. The minimum absolute atomic E-state index is 0.510. The second-order valence-corrected chi connectivity index (χ2v) is 14.3. The van der Waals surface area contributed by atoms with E-state index in [1.54, 1.807) is 4.88 Å². The minimum Gasteiger partial charge on any atom is -0.365 e. The maximum atomic E-state index is 4.93. The van der Waals surface area contributed by atoms with E-state index in [-0.39, 0.29) is 0 Å². The van der Waals surface area contributed by atoms with Crippen LogP contribution in [0.25, 0.3) is 0 Å². The number of rotatable bonds is 6. The lowest BCUT2D eigenvalue weighted by atomic mass is 9.45. The number of nitrogens with one attached hydrogen (secondary N) is 1. The number of hydrogen-bond acceptors (Lipinski definition) is 3. The van der Waals surface area contributed by atoms with E-state index >= 15 is 0 Å². The third-order valence-corrected chi connectivity index (χ3v) is 12.4. The van der Waals surface area contributed by atoms with Crippen LogP contribution in [0.2, 0.25) is 0 Å². The van der Waals surface area contributed by atoms with Crippen LogP contribution in [0.1, 0.15) is 103 Å². The first-order chi connectivity index (χ1) is 15.3. The second-order valence-electron chi connectivity index (χ2n) is 13.2. The molecule has 8 atom stereocenters. The highest BCUT2D eigenvalue weighted by Crippen LogP contribution is 2.68. The number of nitrogens with zero attached hydrogens (tertiary/aromatic N) is 1. The van der Waals surface area contributed by atoms with Gasteiger partial charge in [0.25, 0.3) is 0 Å². The fourth-order valence-electron chi connectivity index (χ4n) is 9.54. The van der Waals surface area contributed by atoms with Crippen LogP contribution in [0.3, 0.4) is 0 Å². The van der Waals surface area contributed by atoms with Crippen LogP contribution in [-0.2, 0) is 12.8 Å². The van der Waals surface area contributed by atoms with Crippen molar-refractivity contribution in [2.45, 2.75) is 105 Å². The molecule has 0 bridgehead atoms. The first kappa shape index (κ1) is 23.2. The minimum atomic E-state index is 0.510. The number of hydrogen-bond donors (Lipinski definition) is 1. The van der Waals surface area contributed by atoms with Gasteiger partial charge >= 0.3 is 0 Å². The van der Waals surface area contributed by atoms with E-state index in [1.807, 2.05) is 18.4 Å². The summed E-state index contributed by atoms with van der Waals surface area (Å²) >= 11 is 1.94.